The summed E-state index contributed by atoms with van der Waals surface area (Å²) >= 11 is 0. The third-order valence-electron chi connectivity index (χ3n) is 3.18. The zero-order chi connectivity index (χ0) is 11.5. The summed E-state index contributed by atoms with van der Waals surface area (Å²) in [5, 5.41) is 2.64. The Morgan fingerprint density at radius 1 is 1.40 bits per heavy atom. The van der Waals surface area contributed by atoms with E-state index >= 15 is 0 Å². The number of hydrogen-bond donors (Lipinski definition) is 1. The first-order chi connectivity index (χ1) is 7.02. The summed E-state index contributed by atoms with van der Waals surface area (Å²) in [6.45, 7) is 6.79. The van der Waals surface area contributed by atoms with E-state index < -0.39 is 11.9 Å². The summed E-state index contributed by atoms with van der Waals surface area (Å²) in [5.41, 5.74) is 0.224. The van der Waals surface area contributed by atoms with Crippen LogP contribution in [0.15, 0.2) is 0 Å². The highest BCUT2D eigenvalue weighted by Crippen LogP contribution is 2.51. The number of hydrogen-bond acceptors (Lipinski definition) is 3. The highest BCUT2D eigenvalue weighted by Gasteiger charge is 2.45. The van der Waals surface area contributed by atoms with Crippen molar-refractivity contribution in [2.24, 2.45) is 11.3 Å². The molecule has 0 heterocycles. The van der Waals surface area contributed by atoms with E-state index in [1.165, 1.54) is 0 Å². The van der Waals surface area contributed by atoms with Crippen LogP contribution in [0.1, 0.15) is 33.6 Å². The molecule has 1 aliphatic rings. The van der Waals surface area contributed by atoms with Crippen molar-refractivity contribution < 1.29 is 14.3 Å². The molecule has 1 fully saturated rings. The lowest BCUT2D eigenvalue weighted by Crippen LogP contribution is -2.37. The van der Waals surface area contributed by atoms with Gasteiger partial charge >= 0.3 is 11.9 Å². The van der Waals surface area contributed by atoms with Gasteiger partial charge in [0.1, 0.15) is 0 Å². The number of ether oxygens (including phenoxy) is 1. The first-order valence-corrected chi connectivity index (χ1v) is 5.47. The van der Waals surface area contributed by atoms with Gasteiger partial charge in [-0.15, -0.1) is 0 Å². The molecule has 0 aliphatic heterocycles. The van der Waals surface area contributed by atoms with E-state index in [1.54, 1.807) is 6.92 Å². The van der Waals surface area contributed by atoms with Crippen molar-refractivity contribution in [3.8, 4) is 0 Å². The predicted molar refractivity (Wildman–Crippen MR) is 56.1 cm³/mol. The lowest BCUT2D eigenvalue weighted by atomic mass is 9.92. The number of carbonyl (C=O) groups excluding carboxylic acids is 2. The van der Waals surface area contributed by atoms with Gasteiger partial charge in [-0.3, -0.25) is 4.79 Å². The van der Waals surface area contributed by atoms with Crippen molar-refractivity contribution in [3.63, 3.8) is 0 Å². The first kappa shape index (κ1) is 12.0. The minimum absolute atomic E-state index is 0.224. The molecule has 0 aromatic heterocycles. The van der Waals surface area contributed by atoms with Crippen molar-refractivity contribution in [1.82, 2.24) is 5.32 Å². The minimum atomic E-state index is -0.781. The van der Waals surface area contributed by atoms with Crippen LogP contribution >= 0.6 is 0 Å². The number of rotatable bonds is 4. The molecule has 0 aromatic rings. The summed E-state index contributed by atoms with van der Waals surface area (Å²) in [5.74, 6) is -0.860. The monoisotopic (exact) mass is 213 g/mol. The summed E-state index contributed by atoms with van der Waals surface area (Å²) in [6, 6.07) is 0. The standard InChI is InChI=1S/C11H19NO3/c1-4-15-10(14)9(13)12-7-11(5-6-11)8(2)3/h8H,4-7H2,1-3H3,(H,12,13). The largest absolute Gasteiger partial charge is 0.459 e. The van der Waals surface area contributed by atoms with Crippen molar-refractivity contribution in [2.75, 3.05) is 13.2 Å². The minimum Gasteiger partial charge on any atom is -0.459 e. The van der Waals surface area contributed by atoms with E-state index in [1.807, 2.05) is 0 Å². The Balaban J connectivity index is 2.31. The van der Waals surface area contributed by atoms with E-state index in [0.717, 1.165) is 12.8 Å². The maximum Gasteiger partial charge on any atom is 0.396 e. The van der Waals surface area contributed by atoms with Gasteiger partial charge < -0.3 is 10.1 Å². The van der Waals surface area contributed by atoms with E-state index in [9.17, 15) is 9.59 Å². The second kappa shape index (κ2) is 4.64. The fraction of sp³-hybridized carbons (Fsp3) is 0.818. The van der Waals surface area contributed by atoms with Gasteiger partial charge in [-0.1, -0.05) is 13.8 Å². The van der Waals surface area contributed by atoms with Crippen LogP contribution in [0.4, 0.5) is 0 Å². The van der Waals surface area contributed by atoms with Gasteiger partial charge in [0, 0.05) is 6.54 Å². The van der Waals surface area contributed by atoms with Crippen molar-refractivity contribution >= 4 is 11.9 Å². The molecule has 15 heavy (non-hydrogen) atoms. The molecule has 1 saturated carbocycles. The smallest absolute Gasteiger partial charge is 0.396 e. The van der Waals surface area contributed by atoms with Crippen molar-refractivity contribution in [3.05, 3.63) is 0 Å². The predicted octanol–water partition coefficient (Wildman–Crippen LogP) is 1.10. The average Bonchev–Trinajstić information content (AvgIpc) is 2.95. The number of amides is 1. The third-order valence-corrected chi connectivity index (χ3v) is 3.18. The second-order valence-corrected chi connectivity index (χ2v) is 4.42. The van der Waals surface area contributed by atoms with E-state index in [4.69, 9.17) is 0 Å². The Morgan fingerprint density at radius 3 is 2.40 bits per heavy atom. The molecule has 1 N–H and O–H groups in total. The Labute approximate surface area is 90.4 Å². The van der Waals surface area contributed by atoms with Crippen LogP contribution in [0.2, 0.25) is 0 Å². The molecule has 0 saturated heterocycles. The molecule has 1 aliphatic carbocycles. The molecule has 0 spiro atoms. The average molecular weight is 213 g/mol. The molecule has 1 rings (SSSR count). The highest BCUT2D eigenvalue weighted by atomic mass is 16.5. The SMILES string of the molecule is CCOC(=O)C(=O)NCC1(C(C)C)CC1. The summed E-state index contributed by atoms with van der Waals surface area (Å²) < 4.78 is 4.60. The molecule has 0 unspecified atom stereocenters. The molecule has 86 valence electrons. The first-order valence-electron chi connectivity index (χ1n) is 5.47. The second-order valence-electron chi connectivity index (χ2n) is 4.42. The molecule has 0 radical (unpaired) electrons. The van der Waals surface area contributed by atoms with Crippen LogP contribution in [0, 0.1) is 11.3 Å². The van der Waals surface area contributed by atoms with Gasteiger partial charge in [0.15, 0.2) is 0 Å². The Kier molecular flexibility index (Phi) is 3.72. The van der Waals surface area contributed by atoms with Crippen LogP contribution < -0.4 is 5.32 Å². The van der Waals surface area contributed by atoms with Gasteiger partial charge in [0.2, 0.25) is 0 Å². The fourth-order valence-corrected chi connectivity index (χ4v) is 1.64. The molecular formula is C11H19NO3. The van der Waals surface area contributed by atoms with E-state index in [0.29, 0.717) is 12.5 Å². The van der Waals surface area contributed by atoms with Crippen molar-refractivity contribution in [2.45, 2.75) is 33.6 Å². The normalized spacial score (nSPS) is 17.3. The van der Waals surface area contributed by atoms with Crippen LogP contribution in [0.25, 0.3) is 0 Å². The van der Waals surface area contributed by atoms with E-state index in [-0.39, 0.29) is 12.0 Å². The Hall–Kier alpha value is -1.06. The maximum atomic E-state index is 11.2. The van der Waals surface area contributed by atoms with Crippen molar-refractivity contribution in [1.29, 1.82) is 0 Å². The zero-order valence-corrected chi connectivity index (χ0v) is 9.63. The molecule has 4 heteroatoms. The van der Waals surface area contributed by atoms with Crippen LogP contribution in [-0.4, -0.2) is 25.0 Å². The van der Waals surface area contributed by atoms with Gasteiger partial charge in [0.05, 0.1) is 6.61 Å². The number of esters is 1. The summed E-state index contributed by atoms with van der Waals surface area (Å²) in [6.07, 6.45) is 2.27. The van der Waals surface area contributed by atoms with E-state index in [2.05, 4.69) is 23.9 Å². The third kappa shape index (κ3) is 2.94. The number of carbonyl (C=O) groups is 2. The Morgan fingerprint density at radius 2 is 2.00 bits per heavy atom. The van der Waals surface area contributed by atoms with Gasteiger partial charge in [-0.05, 0) is 31.1 Å². The lowest BCUT2D eigenvalue weighted by molar-refractivity contribution is -0.154. The topological polar surface area (TPSA) is 55.4 Å². The molecule has 1 amide bonds. The molecule has 0 bridgehead atoms. The van der Waals surface area contributed by atoms with Crippen LogP contribution in [0.5, 0.6) is 0 Å². The summed E-state index contributed by atoms with van der Waals surface area (Å²) in [7, 11) is 0. The van der Waals surface area contributed by atoms with Gasteiger partial charge in [-0.25, -0.2) is 4.79 Å². The van der Waals surface area contributed by atoms with Crippen LogP contribution in [0.3, 0.4) is 0 Å². The number of nitrogens with one attached hydrogen (secondary N) is 1. The maximum absolute atomic E-state index is 11.2. The summed E-state index contributed by atoms with van der Waals surface area (Å²) in [4.78, 5) is 22.3. The highest BCUT2D eigenvalue weighted by molar-refractivity contribution is 6.32. The quantitative estimate of drug-likeness (QED) is 0.562. The van der Waals surface area contributed by atoms with Gasteiger partial charge in [0.25, 0.3) is 0 Å². The molecule has 0 aromatic carbocycles. The lowest BCUT2D eigenvalue weighted by Gasteiger charge is -2.19. The molecule has 0 atom stereocenters. The van der Waals surface area contributed by atoms with Crippen LogP contribution in [-0.2, 0) is 14.3 Å². The van der Waals surface area contributed by atoms with Gasteiger partial charge in [-0.2, -0.15) is 0 Å². The zero-order valence-electron chi connectivity index (χ0n) is 9.63. The fourth-order valence-electron chi connectivity index (χ4n) is 1.64. The molecule has 4 nitrogen and oxygen atoms in total. The molecular weight excluding hydrogens is 194 g/mol. The Bertz CT molecular complexity index is 257.